The topological polar surface area (TPSA) is 90.0 Å². The molecule has 3 N–H and O–H groups in total. The van der Waals surface area contributed by atoms with Gasteiger partial charge in [-0.3, -0.25) is 4.68 Å². The van der Waals surface area contributed by atoms with E-state index in [2.05, 4.69) is 9.82 Å². The Labute approximate surface area is 120 Å². The third-order valence-corrected chi connectivity index (χ3v) is 6.04. The van der Waals surface area contributed by atoms with Gasteiger partial charge in [0.2, 0.25) is 10.0 Å². The number of hydrogen-bond donors (Lipinski definition) is 2. The van der Waals surface area contributed by atoms with Crippen molar-refractivity contribution in [3.63, 3.8) is 0 Å². The largest absolute Gasteiger partial charge is 0.330 e. The van der Waals surface area contributed by atoms with Gasteiger partial charge in [-0.2, -0.15) is 5.10 Å². The molecule has 20 heavy (non-hydrogen) atoms. The zero-order chi connectivity index (χ0) is 14.9. The summed E-state index contributed by atoms with van der Waals surface area (Å²) in [6, 6.07) is 0. The van der Waals surface area contributed by atoms with Crippen molar-refractivity contribution in [3.8, 4) is 0 Å². The molecule has 6 nitrogen and oxygen atoms in total. The highest BCUT2D eigenvalue weighted by atomic mass is 32.2. The van der Waals surface area contributed by atoms with Crippen molar-refractivity contribution >= 4 is 10.0 Å². The summed E-state index contributed by atoms with van der Waals surface area (Å²) in [5.41, 5.74) is 6.94. The van der Waals surface area contributed by atoms with Gasteiger partial charge in [-0.15, -0.1) is 0 Å². The maximum atomic E-state index is 12.4. The van der Waals surface area contributed by atoms with Crippen LogP contribution in [-0.2, 0) is 17.1 Å². The molecule has 2 atom stereocenters. The molecule has 1 fully saturated rings. The lowest BCUT2D eigenvalue weighted by Crippen LogP contribution is -2.33. The predicted molar refractivity (Wildman–Crippen MR) is 77.8 cm³/mol. The van der Waals surface area contributed by atoms with Gasteiger partial charge in [-0.25, -0.2) is 13.1 Å². The van der Waals surface area contributed by atoms with Crippen LogP contribution in [0.1, 0.15) is 30.7 Å². The Kier molecular flexibility index (Phi) is 4.51. The first kappa shape index (κ1) is 15.5. The van der Waals surface area contributed by atoms with E-state index in [4.69, 9.17) is 5.73 Å². The molecular weight excluding hydrogens is 276 g/mol. The predicted octanol–water partition coefficient (Wildman–Crippen LogP) is 0.690. The number of hydrogen-bond acceptors (Lipinski definition) is 4. The summed E-state index contributed by atoms with van der Waals surface area (Å²) < 4.78 is 29.2. The molecule has 0 bridgehead atoms. The van der Waals surface area contributed by atoms with Crippen LogP contribution in [0.4, 0.5) is 0 Å². The quantitative estimate of drug-likeness (QED) is 0.837. The minimum absolute atomic E-state index is 0.308. The van der Waals surface area contributed by atoms with Crippen LogP contribution in [0.5, 0.6) is 0 Å². The Bertz CT molecular complexity index is 579. The molecule has 1 aromatic rings. The van der Waals surface area contributed by atoms with Gasteiger partial charge in [0.05, 0.1) is 11.4 Å². The summed E-state index contributed by atoms with van der Waals surface area (Å²) >= 11 is 0. The molecule has 0 amide bonds. The van der Waals surface area contributed by atoms with E-state index < -0.39 is 10.0 Å². The van der Waals surface area contributed by atoms with Gasteiger partial charge < -0.3 is 5.73 Å². The second-order valence-electron chi connectivity index (χ2n) is 5.66. The lowest BCUT2D eigenvalue weighted by molar-refractivity contribution is 0.393. The van der Waals surface area contributed by atoms with Crippen LogP contribution in [-0.4, -0.2) is 31.3 Å². The Balaban J connectivity index is 2.12. The van der Waals surface area contributed by atoms with Crippen molar-refractivity contribution < 1.29 is 8.42 Å². The monoisotopic (exact) mass is 300 g/mol. The molecule has 0 radical (unpaired) electrons. The molecule has 1 aromatic heterocycles. The van der Waals surface area contributed by atoms with Crippen LogP contribution < -0.4 is 10.5 Å². The first-order valence-electron chi connectivity index (χ1n) is 7.06. The number of nitrogens with one attached hydrogen (secondary N) is 1. The summed E-state index contributed by atoms with van der Waals surface area (Å²) in [7, 11) is -1.74. The maximum absolute atomic E-state index is 12.4. The fourth-order valence-corrected chi connectivity index (χ4v) is 4.65. The fraction of sp³-hybridized carbons (Fsp3) is 0.769. The average molecular weight is 300 g/mol. The van der Waals surface area contributed by atoms with Gasteiger partial charge in [-0.05, 0) is 45.1 Å². The van der Waals surface area contributed by atoms with E-state index in [1.807, 2.05) is 0 Å². The molecule has 1 aliphatic rings. The minimum Gasteiger partial charge on any atom is -0.330 e. The van der Waals surface area contributed by atoms with E-state index in [1.54, 1.807) is 25.6 Å². The molecule has 0 aliphatic heterocycles. The number of nitrogens with zero attached hydrogens (tertiary/aromatic N) is 2. The van der Waals surface area contributed by atoms with Crippen molar-refractivity contribution in [1.29, 1.82) is 0 Å². The van der Waals surface area contributed by atoms with Crippen LogP contribution >= 0.6 is 0 Å². The number of rotatable bonds is 5. The number of aromatic nitrogens is 2. The smallest absolute Gasteiger partial charge is 0.244 e. The Morgan fingerprint density at radius 2 is 2.00 bits per heavy atom. The maximum Gasteiger partial charge on any atom is 0.244 e. The number of nitrogens with two attached hydrogens (primary N) is 1. The molecule has 0 spiro atoms. The lowest BCUT2D eigenvalue weighted by atomic mass is 9.97. The van der Waals surface area contributed by atoms with E-state index in [9.17, 15) is 8.42 Å². The summed E-state index contributed by atoms with van der Waals surface area (Å²) in [6.45, 7) is 4.60. The molecule has 7 heteroatoms. The minimum atomic E-state index is -3.49. The van der Waals surface area contributed by atoms with Gasteiger partial charge in [0.15, 0.2) is 0 Å². The molecule has 1 saturated carbocycles. The van der Waals surface area contributed by atoms with Gasteiger partial charge in [0, 0.05) is 13.6 Å². The van der Waals surface area contributed by atoms with E-state index in [0.717, 1.165) is 19.3 Å². The van der Waals surface area contributed by atoms with E-state index in [-0.39, 0.29) is 0 Å². The molecule has 1 aliphatic carbocycles. The van der Waals surface area contributed by atoms with Crippen molar-refractivity contribution in [1.82, 2.24) is 14.5 Å². The Morgan fingerprint density at radius 1 is 1.35 bits per heavy atom. The first-order valence-corrected chi connectivity index (χ1v) is 8.55. The van der Waals surface area contributed by atoms with Gasteiger partial charge in [0.1, 0.15) is 4.90 Å². The van der Waals surface area contributed by atoms with Crippen molar-refractivity contribution in [3.05, 3.63) is 11.4 Å². The lowest BCUT2D eigenvalue weighted by Gasteiger charge is -2.18. The van der Waals surface area contributed by atoms with Gasteiger partial charge in [-0.1, -0.05) is 6.42 Å². The van der Waals surface area contributed by atoms with Crippen LogP contribution in [0.3, 0.4) is 0 Å². The number of sulfonamides is 1. The number of aryl methyl sites for hydroxylation is 2. The SMILES string of the molecule is Cc1nn(C)c(C)c1S(=O)(=O)NCC1CCCC1CN. The van der Waals surface area contributed by atoms with E-state index >= 15 is 0 Å². The van der Waals surface area contributed by atoms with Gasteiger partial charge >= 0.3 is 0 Å². The highest BCUT2D eigenvalue weighted by Crippen LogP contribution is 2.30. The summed E-state index contributed by atoms with van der Waals surface area (Å²) in [6.07, 6.45) is 3.29. The second-order valence-corrected chi connectivity index (χ2v) is 7.37. The molecule has 1 heterocycles. The van der Waals surface area contributed by atoms with Crippen LogP contribution in [0.15, 0.2) is 4.90 Å². The van der Waals surface area contributed by atoms with Crippen molar-refractivity contribution in [2.24, 2.45) is 24.6 Å². The van der Waals surface area contributed by atoms with Crippen LogP contribution in [0.2, 0.25) is 0 Å². The molecule has 0 saturated heterocycles. The molecule has 114 valence electrons. The standard InChI is InChI=1S/C13H24N4O2S/c1-9-13(10(2)17(3)16-9)20(18,19)15-8-12-6-4-5-11(12)7-14/h11-12,15H,4-8,14H2,1-3H3. The molecule has 2 rings (SSSR count). The van der Waals surface area contributed by atoms with E-state index in [0.29, 0.717) is 41.2 Å². The van der Waals surface area contributed by atoms with Crippen molar-refractivity contribution in [2.75, 3.05) is 13.1 Å². The zero-order valence-corrected chi connectivity index (χ0v) is 13.2. The highest BCUT2D eigenvalue weighted by molar-refractivity contribution is 7.89. The molecular formula is C13H24N4O2S. The third kappa shape index (κ3) is 2.89. The van der Waals surface area contributed by atoms with Gasteiger partial charge in [0.25, 0.3) is 0 Å². The fourth-order valence-electron chi connectivity index (χ4n) is 3.12. The molecule has 2 unspecified atom stereocenters. The first-order chi connectivity index (χ1) is 9.36. The summed E-state index contributed by atoms with van der Waals surface area (Å²) in [4.78, 5) is 0.308. The highest BCUT2D eigenvalue weighted by Gasteiger charge is 2.29. The van der Waals surface area contributed by atoms with Crippen LogP contribution in [0, 0.1) is 25.7 Å². The Morgan fingerprint density at radius 3 is 2.55 bits per heavy atom. The third-order valence-electron chi connectivity index (χ3n) is 4.37. The van der Waals surface area contributed by atoms with Crippen molar-refractivity contribution in [2.45, 2.75) is 38.0 Å². The zero-order valence-electron chi connectivity index (χ0n) is 12.4. The summed E-state index contributed by atoms with van der Waals surface area (Å²) in [5, 5.41) is 4.17. The van der Waals surface area contributed by atoms with Crippen LogP contribution in [0.25, 0.3) is 0 Å². The average Bonchev–Trinajstić information content (AvgIpc) is 2.92. The molecule has 0 aromatic carbocycles. The summed E-state index contributed by atoms with van der Waals surface area (Å²) in [5.74, 6) is 0.792. The van der Waals surface area contributed by atoms with E-state index in [1.165, 1.54) is 0 Å². The normalized spacial score (nSPS) is 23.4. The second kappa shape index (κ2) is 5.83. The Hall–Kier alpha value is -0.920.